The maximum atomic E-state index is 12.4. The van der Waals surface area contributed by atoms with E-state index in [1.165, 1.54) is 4.90 Å². The van der Waals surface area contributed by atoms with Crippen molar-refractivity contribution in [2.75, 3.05) is 40.3 Å². The molecule has 1 aromatic rings. The Kier molecular flexibility index (Phi) is 7.41. The number of nitrogens with zero attached hydrogens (tertiary/aromatic N) is 4. The third-order valence-electron chi connectivity index (χ3n) is 4.52. The van der Waals surface area contributed by atoms with Crippen molar-refractivity contribution in [1.29, 1.82) is 0 Å². The third-order valence-corrected chi connectivity index (χ3v) is 4.52. The average molecular weight is 405 g/mol. The van der Waals surface area contributed by atoms with Crippen molar-refractivity contribution < 1.29 is 19.1 Å². The summed E-state index contributed by atoms with van der Waals surface area (Å²) in [5, 5.41) is 2.61. The molecule has 0 spiro atoms. The number of ether oxygens (including phenoxy) is 1. The van der Waals surface area contributed by atoms with Gasteiger partial charge in [0.05, 0.1) is 5.56 Å². The predicted octanol–water partition coefficient (Wildman–Crippen LogP) is 0.848. The van der Waals surface area contributed by atoms with E-state index in [-0.39, 0.29) is 18.4 Å². The van der Waals surface area contributed by atoms with Crippen molar-refractivity contribution in [3.05, 3.63) is 29.4 Å². The first-order valence-corrected chi connectivity index (χ1v) is 9.75. The Balaban J connectivity index is 1.91. The van der Waals surface area contributed by atoms with Gasteiger partial charge in [0.25, 0.3) is 5.91 Å². The van der Waals surface area contributed by atoms with Crippen molar-refractivity contribution in [3.63, 3.8) is 0 Å². The lowest BCUT2D eigenvalue weighted by molar-refractivity contribution is -0.135. The molecule has 2 rings (SSSR count). The molecule has 3 amide bonds. The molecule has 1 aliphatic heterocycles. The first-order chi connectivity index (χ1) is 13.6. The molecule has 1 aliphatic rings. The van der Waals surface area contributed by atoms with Crippen LogP contribution >= 0.6 is 0 Å². The van der Waals surface area contributed by atoms with Crippen LogP contribution in [0.4, 0.5) is 4.79 Å². The number of aromatic nitrogens is 1. The van der Waals surface area contributed by atoms with E-state index >= 15 is 0 Å². The lowest BCUT2D eigenvalue weighted by Crippen LogP contribution is -2.53. The highest BCUT2D eigenvalue weighted by molar-refractivity contribution is 5.93. The second kappa shape index (κ2) is 9.58. The van der Waals surface area contributed by atoms with Crippen LogP contribution in [0.5, 0.6) is 0 Å². The zero-order valence-corrected chi connectivity index (χ0v) is 17.9. The minimum absolute atomic E-state index is 0.0315. The molecule has 160 valence electrons. The van der Waals surface area contributed by atoms with Gasteiger partial charge in [0.1, 0.15) is 17.6 Å². The van der Waals surface area contributed by atoms with Crippen molar-refractivity contribution in [2.45, 2.75) is 39.3 Å². The van der Waals surface area contributed by atoms with Crippen LogP contribution in [0, 0.1) is 0 Å². The van der Waals surface area contributed by atoms with Gasteiger partial charge >= 0.3 is 6.09 Å². The van der Waals surface area contributed by atoms with Gasteiger partial charge in [-0.1, -0.05) is 0 Å². The number of carbonyl (C=O) groups is 3. The monoisotopic (exact) mass is 405 g/mol. The SMILES string of the molecule is CN=c1ccc(C(=O)NC)cn1CCCN1CCN(C(=O)OC(C)(C)C)CC1=O. The molecule has 0 atom stereocenters. The molecule has 0 bridgehead atoms. The lowest BCUT2D eigenvalue weighted by atomic mass is 10.2. The molecule has 1 saturated heterocycles. The number of amides is 3. The molecule has 29 heavy (non-hydrogen) atoms. The fourth-order valence-electron chi connectivity index (χ4n) is 3.06. The first kappa shape index (κ1) is 22.4. The van der Waals surface area contributed by atoms with Gasteiger partial charge in [-0.3, -0.25) is 19.5 Å². The van der Waals surface area contributed by atoms with Crippen LogP contribution in [-0.4, -0.2) is 78.1 Å². The molecule has 9 nitrogen and oxygen atoms in total. The number of piperazine rings is 1. The average Bonchev–Trinajstić information content (AvgIpc) is 2.67. The van der Waals surface area contributed by atoms with Crippen LogP contribution in [0.3, 0.4) is 0 Å². The number of nitrogens with one attached hydrogen (secondary N) is 1. The largest absolute Gasteiger partial charge is 0.444 e. The van der Waals surface area contributed by atoms with E-state index < -0.39 is 11.7 Å². The molecular weight excluding hydrogens is 374 g/mol. The highest BCUT2D eigenvalue weighted by atomic mass is 16.6. The Morgan fingerprint density at radius 1 is 1.21 bits per heavy atom. The number of rotatable bonds is 5. The Morgan fingerprint density at radius 2 is 1.93 bits per heavy atom. The second-order valence-electron chi connectivity index (χ2n) is 7.91. The first-order valence-electron chi connectivity index (χ1n) is 9.75. The highest BCUT2D eigenvalue weighted by Gasteiger charge is 2.29. The normalized spacial score (nSPS) is 15.5. The van der Waals surface area contributed by atoms with E-state index in [1.54, 1.807) is 58.1 Å². The van der Waals surface area contributed by atoms with Crippen molar-refractivity contribution in [2.24, 2.45) is 4.99 Å². The Hall–Kier alpha value is -2.84. The topological polar surface area (TPSA) is 96.2 Å². The summed E-state index contributed by atoms with van der Waals surface area (Å²) in [6, 6.07) is 3.53. The van der Waals surface area contributed by atoms with Gasteiger partial charge in [-0.15, -0.1) is 0 Å². The van der Waals surface area contributed by atoms with Crippen LogP contribution in [0.2, 0.25) is 0 Å². The van der Waals surface area contributed by atoms with Gasteiger partial charge < -0.3 is 19.5 Å². The quantitative estimate of drug-likeness (QED) is 0.785. The zero-order chi connectivity index (χ0) is 21.6. The van der Waals surface area contributed by atoms with Crippen LogP contribution < -0.4 is 10.8 Å². The third kappa shape index (κ3) is 6.33. The molecule has 2 heterocycles. The van der Waals surface area contributed by atoms with Crippen LogP contribution in [0.1, 0.15) is 37.6 Å². The van der Waals surface area contributed by atoms with Crippen LogP contribution in [0.15, 0.2) is 23.3 Å². The Morgan fingerprint density at radius 3 is 2.52 bits per heavy atom. The molecule has 0 radical (unpaired) electrons. The number of hydrogen-bond acceptors (Lipinski definition) is 5. The molecule has 0 saturated carbocycles. The summed E-state index contributed by atoms with van der Waals surface area (Å²) >= 11 is 0. The van der Waals surface area contributed by atoms with E-state index in [0.717, 1.165) is 5.49 Å². The summed E-state index contributed by atoms with van der Waals surface area (Å²) in [5.41, 5.74) is 0.736. The predicted molar refractivity (Wildman–Crippen MR) is 108 cm³/mol. The molecule has 0 aromatic carbocycles. The van der Waals surface area contributed by atoms with Crippen LogP contribution in [-0.2, 0) is 16.1 Å². The van der Waals surface area contributed by atoms with Gasteiger partial charge in [-0.2, -0.15) is 0 Å². The maximum absolute atomic E-state index is 12.4. The Labute approximate surface area is 171 Å². The number of carbonyl (C=O) groups excluding carboxylic acids is 3. The standard InChI is InChI=1S/C20H31N5O4/c1-20(2,3)29-19(28)25-12-11-23(17(26)14-25)9-6-10-24-13-15(18(27)22-5)7-8-16(24)21-4/h7-8,13H,6,9-12,14H2,1-5H3,(H,22,27). The van der Waals surface area contributed by atoms with Gasteiger partial charge in [0.15, 0.2) is 0 Å². The summed E-state index contributed by atoms with van der Waals surface area (Å²) in [5.74, 6) is -0.249. The molecule has 1 fully saturated rings. The van der Waals surface area contributed by atoms with Crippen molar-refractivity contribution in [3.8, 4) is 0 Å². The summed E-state index contributed by atoms with van der Waals surface area (Å²) in [4.78, 5) is 43.8. The molecule has 1 aromatic heterocycles. The molecule has 0 unspecified atom stereocenters. The summed E-state index contributed by atoms with van der Waals surface area (Å²) in [6.07, 6.45) is 2.02. The molecular formula is C20H31N5O4. The van der Waals surface area contributed by atoms with Crippen molar-refractivity contribution in [1.82, 2.24) is 19.7 Å². The minimum Gasteiger partial charge on any atom is -0.444 e. The minimum atomic E-state index is -0.584. The Bertz CT molecular complexity index is 825. The molecule has 0 aliphatic carbocycles. The second-order valence-corrected chi connectivity index (χ2v) is 7.91. The lowest BCUT2D eigenvalue weighted by Gasteiger charge is -2.35. The van der Waals surface area contributed by atoms with E-state index in [9.17, 15) is 14.4 Å². The fraction of sp³-hybridized carbons (Fsp3) is 0.600. The number of hydrogen-bond donors (Lipinski definition) is 1. The number of pyridine rings is 1. The smallest absolute Gasteiger partial charge is 0.410 e. The summed E-state index contributed by atoms with van der Waals surface area (Å²) in [7, 11) is 3.29. The maximum Gasteiger partial charge on any atom is 0.410 e. The fourth-order valence-corrected chi connectivity index (χ4v) is 3.06. The molecule has 1 N–H and O–H groups in total. The molecule has 9 heteroatoms. The van der Waals surface area contributed by atoms with Gasteiger partial charge in [0.2, 0.25) is 5.91 Å². The van der Waals surface area contributed by atoms with Crippen molar-refractivity contribution >= 4 is 17.9 Å². The van der Waals surface area contributed by atoms with Gasteiger partial charge in [-0.25, -0.2) is 4.79 Å². The summed E-state index contributed by atoms with van der Waals surface area (Å²) < 4.78 is 7.24. The van der Waals surface area contributed by atoms with Gasteiger partial charge in [-0.05, 0) is 39.3 Å². The van der Waals surface area contributed by atoms with Gasteiger partial charge in [0, 0.05) is 46.5 Å². The zero-order valence-electron chi connectivity index (χ0n) is 17.9. The van der Waals surface area contributed by atoms with E-state index in [2.05, 4.69) is 10.3 Å². The van der Waals surface area contributed by atoms with E-state index in [1.807, 2.05) is 4.57 Å². The van der Waals surface area contributed by atoms with E-state index in [4.69, 9.17) is 4.74 Å². The summed E-state index contributed by atoms with van der Waals surface area (Å²) in [6.45, 7) is 7.56. The van der Waals surface area contributed by atoms with E-state index in [0.29, 0.717) is 38.2 Å². The van der Waals surface area contributed by atoms with Crippen LogP contribution in [0.25, 0.3) is 0 Å². The highest BCUT2D eigenvalue weighted by Crippen LogP contribution is 2.12. The number of aryl methyl sites for hydroxylation is 1.